The molecule has 0 amide bonds. The van der Waals surface area contributed by atoms with E-state index in [0.29, 0.717) is 6.42 Å². The molecule has 102 valence electrons. The molecule has 1 unspecified atom stereocenters. The molecule has 0 aliphatic rings. The minimum Gasteiger partial charge on any atom is -0.480 e. The Labute approximate surface area is 108 Å². The Morgan fingerprint density at radius 2 is 2.33 bits per heavy atom. The number of aryl methyl sites for hydroxylation is 2. The molecule has 1 rings (SSSR count). The van der Waals surface area contributed by atoms with Crippen LogP contribution in [0.1, 0.15) is 38.7 Å². The average molecular weight is 253 g/mol. The maximum atomic E-state index is 11.3. The Balaban J connectivity index is 2.44. The van der Waals surface area contributed by atoms with E-state index in [1.165, 1.54) is 0 Å². The van der Waals surface area contributed by atoms with Crippen molar-refractivity contribution in [3.8, 4) is 0 Å². The molecule has 0 saturated carbocycles. The third kappa shape index (κ3) is 4.14. The largest absolute Gasteiger partial charge is 0.480 e. The molecule has 1 aromatic heterocycles. The fraction of sp³-hybridized carbons (Fsp3) is 0.692. The molecule has 0 aliphatic heterocycles. The summed E-state index contributed by atoms with van der Waals surface area (Å²) in [5.41, 5.74) is 0.290. The monoisotopic (exact) mass is 253 g/mol. The van der Waals surface area contributed by atoms with Crippen molar-refractivity contribution in [2.75, 3.05) is 6.54 Å². The summed E-state index contributed by atoms with van der Waals surface area (Å²) in [6.07, 6.45) is 6.10. The highest BCUT2D eigenvalue weighted by molar-refractivity contribution is 5.78. The molecule has 2 N–H and O–H groups in total. The normalized spacial score (nSPS) is 14.4. The van der Waals surface area contributed by atoms with E-state index in [1.807, 2.05) is 30.9 Å². The number of aliphatic carboxylic acids is 1. The summed E-state index contributed by atoms with van der Waals surface area (Å²) < 4.78 is 1.86. The summed E-state index contributed by atoms with van der Waals surface area (Å²) in [4.78, 5) is 11.3. The van der Waals surface area contributed by atoms with Crippen LogP contribution >= 0.6 is 0 Å². The van der Waals surface area contributed by atoms with E-state index in [0.717, 1.165) is 31.5 Å². The predicted octanol–water partition coefficient (Wildman–Crippen LogP) is 1.81. The Morgan fingerprint density at radius 3 is 2.83 bits per heavy atom. The highest BCUT2D eigenvalue weighted by Gasteiger charge is 2.31. The van der Waals surface area contributed by atoms with Crippen molar-refractivity contribution in [3.05, 3.63) is 18.0 Å². The lowest BCUT2D eigenvalue weighted by atomic mass is 9.95. The van der Waals surface area contributed by atoms with Crippen molar-refractivity contribution in [2.45, 2.75) is 52.1 Å². The van der Waals surface area contributed by atoms with Crippen molar-refractivity contribution in [1.82, 2.24) is 15.1 Å². The van der Waals surface area contributed by atoms with Crippen LogP contribution in [0.3, 0.4) is 0 Å². The molecule has 1 heterocycles. The third-order valence-corrected chi connectivity index (χ3v) is 3.06. The maximum absolute atomic E-state index is 11.3. The summed E-state index contributed by atoms with van der Waals surface area (Å²) in [5.74, 6) is -0.785. The van der Waals surface area contributed by atoms with Gasteiger partial charge in [-0.05, 0) is 45.2 Å². The fourth-order valence-corrected chi connectivity index (χ4v) is 1.86. The van der Waals surface area contributed by atoms with Crippen LogP contribution in [0.5, 0.6) is 0 Å². The first-order chi connectivity index (χ1) is 8.48. The zero-order valence-electron chi connectivity index (χ0n) is 11.4. The van der Waals surface area contributed by atoms with E-state index in [-0.39, 0.29) is 0 Å². The highest BCUT2D eigenvalue weighted by Crippen LogP contribution is 2.14. The number of nitrogens with one attached hydrogen (secondary N) is 1. The second-order valence-corrected chi connectivity index (χ2v) is 4.95. The van der Waals surface area contributed by atoms with E-state index in [4.69, 9.17) is 0 Å². The van der Waals surface area contributed by atoms with Crippen LogP contribution in [-0.2, 0) is 11.3 Å². The van der Waals surface area contributed by atoms with Crippen molar-refractivity contribution in [3.63, 3.8) is 0 Å². The molecule has 0 spiro atoms. The first-order valence-corrected chi connectivity index (χ1v) is 6.45. The lowest BCUT2D eigenvalue weighted by Crippen LogP contribution is -2.49. The highest BCUT2D eigenvalue weighted by atomic mass is 16.4. The minimum atomic E-state index is -0.835. The number of carbonyl (C=O) groups is 1. The van der Waals surface area contributed by atoms with Crippen LogP contribution in [0.4, 0.5) is 0 Å². The van der Waals surface area contributed by atoms with Crippen LogP contribution in [0.15, 0.2) is 12.4 Å². The van der Waals surface area contributed by atoms with Crippen molar-refractivity contribution >= 4 is 5.97 Å². The van der Waals surface area contributed by atoms with Gasteiger partial charge >= 0.3 is 5.97 Å². The standard InChI is InChI=1S/C13H23N3O2/c1-4-7-14-13(3,12(17)18)6-5-8-16-10-11(2)9-15-16/h9-10,14H,4-8H2,1-3H3,(H,17,18). The molecule has 0 aliphatic carbocycles. The van der Waals surface area contributed by atoms with Gasteiger partial charge in [-0.15, -0.1) is 0 Å². The Bertz CT molecular complexity index is 389. The molecule has 1 atom stereocenters. The summed E-state index contributed by atoms with van der Waals surface area (Å²) in [6.45, 7) is 7.25. The molecular weight excluding hydrogens is 230 g/mol. The van der Waals surface area contributed by atoms with Crippen molar-refractivity contribution < 1.29 is 9.90 Å². The molecule has 0 radical (unpaired) electrons. The van der Waals surface area contributed by atoms with Gasteiger partial charge in [0, 0.05) is 12.7 Å². The molecular formula is C13H23N3O2. The smallest absolute Gasteiger partial charge is 0.323 e. The Morgan fingerprint density at radius 1 is 1.61 bits per heavy atom. The molecule has 0 bridgehead atoms. The molecule has 0 saturated heterocycles. The maximum Gasteiger partial charge on any atom is 0.323 e. The number of carboxylic acids is 1. The SMILES string of the molecule is CCCNC(C)(CCCn1cc(C)cn1)C(=O)O. The van der Waals surface area contributed by atoms with Crippen molar-refractivity contribution in [1.29, 1.82) is 0 Å². The third-order valence-electron chi connectivity index (χ3n) is 3.06. The lowest BCUT2D eigenvalue weighted by molar-refractivity contribution is -0.144. The van der Waals surface area contributed by atoms with Gasteiger partial charge < -0.3 is 10.4 Å². The molecule has 5 nitrogen and oxygen atoms in total. The summed E-state index contributed by atoms with van der Waals surface area (Å²) in [5, 5.41) is 16.6. The summed E-state index contributed by atoms with van der Waals surface area (Å²) in [6, 6.07) is 0. The quantitative estimate of drug-likeness (QED) is 0.741. The lowest BCUT2D eigenvalue weighted by Gasteiger charge is -2.26. The molecule has 18 heavy (non-hydrogen) atoms. The number of aromatic nitrogens is 2. The average Bonchev–Trinajstić information content (AvgIpc) is 2.72. The number of hydrogen-bond donors (Lipinski definition) is 2. The summed E-state index contributed by atoms with van der Waals surface area (Å²) in [7, 11) is 0. The van der Waals surface area contributed by atoms with E-state index < -0.39 is 11.5 Å². The zero-order valence-corrected chi connectivity index (χ0v) is 11.4. The number of nitrogens with zero attached hydrogens (tertiary/aromatic N) is 2. The first-order valence-electron chi connectivity index (χ1n) is 6.45. The van der Waals surface area contributed by atoms with E-state index in [2.05, 4.69) is 10.4 Å². The molecule has 0 fully saturated rings. The minimum absolute atomic E-state index is 0.598. The van der Waals surface area contributed by atoms with Gasteiger partial charge in [0.15, 0.2) is 0 Å². The van der Waals surface area contributed by atoms with Crippen LogP contribution in [-0.4, -0.2) is 32.9 Å². The number of rotatable bonds is 8. The first kappa shape index (κ1) is 14.7. The Kier molecular flexibility index (Phi) is 5.34. The van der Waals surface area contributed by atoms with Gasteiger partial charge in [0.2, 0.25) is 0 Å². The van der Waals surface area contributed by atoms with Gasteiger partial charge in [-0.3, -0.25) is 9.48 Å². The second kappa shape index (κ2) is 6.54. The van der Waals surface area contributed by atoms with Gasteiger partial charge in [-0.25, -0.2) is 0 Å². The van der Waals surface area contributed by atoms with Crippen LogP contribution in [0.2, 0.25) is 0 Å². The Hall–Kier alpha value is -1.36. The number of hydrogen-bond acceptors (Lipinski definition) is 3. The van der Waals surface area contributed by atoms with Gasteiger partial charge in [-0.1, -0.05) is 6.92 Å². The van der Waals surface area contributed by atoms with Gasteiger partial charge in [0.05, 0.1) is 6.20 Å². The predicted molar refractivity (Wildman–Crippen MR) is 70.5 cm³/mol. The van der Waals surface area contributed by atoms with Crippen LogP contribution in [0, 0.1) is 6.92 Å². The van der Waals surface area contributed by atoms with E-state index in [1.54, 1.807) is 6.92 Å². The van der Waals surface area contributed by atoms with Crippen molar-refractivity contribution in [2.24, 2.45) is 0 Å². The van der Waals surface area contributed by atoms with E-state index >= 15 is 0 Å². The van der Waals surface area contributed by atoms with E-state index in [9.17, 15) is 9.90 Å². The van der Waals surface area contributed by atoms with Crippen LogP contribution in [0.25, 0.3) is 0 Å². The fourth-order valence-electron chi connectivity index (χ4n) is 1.86. The van der Waals surface area contributed by atoms with Gasteiger partial charge in [0.25, 0.3) is 0 Å². The summed E-state index contributed by atoms with van der Waals surface area (Å²) >= 11 is 0. The molecule has 0 aromatic carbocycles. The molecule has 1 aromatic rings. The van der Waals surface area contributed by atoms with Gasteiger partial charge in [0.1, 0.15) is 5.54 Å². The zero-order chi connectivity index (χ0) is 13.6. The number of carboxylic acid groups (broad SMARTS) is 1. The van der Waals surface area contributed by atoms with Crippen LogP contribution < -0.4 is 5.32 Å². The second-order valence-electron chi connectivity index (χ2n) is 4.95. The van der Waals surface area contributed by atoms with Gasteiger partial charge in [-0.2, -0.15) is 5.10 Å². The molecule has 5 heteroatoms. The topological polar surface area (TPSA) is 67.2 Å².